The molecule has 0 amide bonds. The average molecular weight is 208 g/mol. The molecular formula is C12H20N2O. The molecule has 1 aliphatic rings. The number of piperidine rings is 1. The van der Waals surface area contributed by atoms with Crippen molar-refractivity contribution < 1.29 is 4.42 Å². The molecule has 0 aromatic carbocycles. The molecule has 84 valence electrons. The predicted octanol–water partition coefficient (Wildman–Crippen LogP) is 2.34. The van der Waals surface area contributed by atoms with Crippen LogP contribution in [0, 0.1) is 5.92 Å². The van der Waals surface area contributed by atoms with Gasteiger partial charge in [0.05, 0.1) is 5.69 Å². The van der Waals surface area contributed by atoms with Gasteiger partial charge in [0.1, 0.15) is 6.26 Å². The quantitative estimate of drug-likeness (QED) is 0.828. The molecule has 1 aromatic rings. The summed E-state index contributed by atoms with van der Waals surface area (Å²) in [5.41, 5.74) is 1.13. The van der Waals surface area contributed by atoms with Gasteiger partial charge < -0.3 is 9.73 Å². The third-order valence-corrected chi connectivity index (χ3v) is 3.02. The van der Waals surface area contributed by atoms with Gasteiger partial charge in [-0.05, 0) is 38.3 Å². The lowest BCUT2D eigenvalue weighted by molar-refractivity contribution is 0.370. The zero-order chi connectivity index (χ0) is 10.7. The minimum absolute atomic E-state index is 0.395. The first-order chi connectivity index (χ1) is 7.25. The summed E-state index contributed by atoms with van der Waals surface area (Å²) in [5, 5.41) is 3.38. The first kappa shape index (κ1) is 10.7. The second kappa shape index (κ2) is 4.79. The van der Waals surface area contributed by atoms with Crippen LogP contribution in [0.1, 0.15) is 44.2 Å². The van der Waals surface area contributed by atoms with Crippen LogP contribution < -0.4 is 5.32 Å². The summed E-state index contributed by atoms with van der Waals surface area (Å²) in [6.45, 7) is 6.53. The smallest absolute Gasteiger partial charge is 0.196 e. The molecule has 0 unspecified atom stereocenters. The van der Waals surface area contributed by atoms with Crippen molar-refractivity contribution in [1.29, 1.82) is 0 Å². The van der Waals surface area contributed by atoms with Crippen LogP contribution in [-0.4, -0.2) is 18.1 Å². The maximum absolute atomic E-state index is 5.44. The lowest BCUT2D eigenvalue weighted by atomic mass is 9.93. The molecule has 1 saturated heterocycles. The van der Waals surface area contributed by atoms with Crippen LogP contribution in [0.3, 0.4) is 0 Å². The Hall–Kier alpha value is -0.830. The number of hydrogen-bond acceptors (Lipinski definition) is 3. The molecule has 1 N–H and O–H groups in total. The predicted molar refractivity (Wildman–Crippen MR) is 59.9 cm³/mol. The highest BCUT2D eigenvalue weighted by Gasteiger charge is 2.16. The van der Waals surface area contributed by atoms with Gasteiger partial charge in [0, 0.05) is 5.92 Å². The van der Waals surface area contributed by atoms with Gasteiger partial charge >= 0.3 is 0 Å². The minimum Gasteiger partial charge on any atom is -0.448 e. The summed E-state index contributed by atoms with van der Waals surface area (Å²) in [6.07, 6.45) is 5.45. The molecule has 0 radical (unpaired) electrons. The SMILES string of the molecule is CC(C)c1nc(CC2CCNCC2)co1. The van der Waals surface area contributed by atoms with E-state index in [1.165, 1.54) is 12.8 Å². The second-order valence-electron chi connectivity index (χ2n) is 4.73. The second-order valence-corrected chi connectivity index (χ2v) is 4.73. The van der Waals surface area contributed by atoms with Gasteiger partial charge in [0.15, 0.2) is 5.89 Å². The first-order valence-electron chi connectivity index (χ1n) is 5.90. The van der Waals surface area contributed by atoms with E-state index in [2.05, 4.69) is 24.1 Å². The normalized spacial score (nSPS) is 18.6. The van der Waals surface area contributed by atoms with Gasteiger partial charge in [-0.2, -0.15) is 0 Å². The topological polar surface area (TPSA) is 38.1 Å². The van der Waals surface area contributed by atoms with Crippen LogP contribution in [-0.2, 0) is 6.42 Å². The number of hydrogen-bond donors (Lipinski definition) is 1. The van der Waals surface area contributed by atoms with E-state index in [1.54, 1.807) is 0 Å². The van der Waals surface area contributed by atoms with Crippen LogP contribution in [0.4, 0.5) is 0 Å². The summed E-state index contributed by atoms with van der Waals surface area (Å²) in [4.78, 5) is 4.52. The highest BCUT2D eigenvalue weighted by Crippen LogP contribution is 2.19. The van der Waals surface area contributed by atoms with E-state index < -0.39 is 0 Å². The van der Waals surface area contributed by atoms with Crippen molar-refractivity contribution in [2.45, 2.75) is 39.0 Å². The molecule has 0 saturated carbocycles. The number of nitrogens with one attached hydrogen (secondary N) is 1. The zero-order valence-corrected chi connectivity index (χ0v) is 9.62. The number of aromatic nitrogens is 1. The third-order valence-electron chi connectivity index (χ3n) is 3.02. The van der Waals surface area contributed by atoms with Crippen LogP contribution >= 0.6 is 0 Å². The molecule has 3 heteroatoms. The maximum atomic E-state index is 5.44. The molecule has 3 nitrogen and oxygen atoms in total. The molecule has 1 aromatic heterocycles. The fourth-order valence-corrected chi connectivity index (χ4v) is 2.06. The standard InChI is InChI=1S/C12H20N2O/c1-9(2)12-14-11(8-15-12)7-10-3-5-13-6-4-10/h8-10,13H,3-7H2,1-2H3. The van der Waals surface area contributed by atoms with Gasteiger partial charge in [-0.15, -0.1) is 0 Å². The van der Waals surface area contributed by atoms with E-state index in [1.807, 2.05) is 6.26 Å². The van der Waals surface area contributed by atoms with Crippen molar-refractivity contribution in [3.05, 3.63) is 17.8 Å². The van der Waals surface area contributed by atoms with E-state index in [0.717, 1.165) is 37.0 Å². The van der Waals surface area contributed by atoms with Crippen molar-refractivity contribution in [3.63, 3.8) is 0 Å². The minimum atomic E-state index is 0.395. The van der Waals surface area contributed by atoms with Crippen molar-refractivity contribution in [2.75, 3.05) is 13.1 Å². The molecular weight excluding hydrogens is 188 g/mol. The molecule has 1 fully saturated rings. The average Bonchev–Trinajstić information content (AvgIpc) is 2.68. The maximum Gasteiger partial charge on any atom is 0.196 e. The lowest BCUT2D eigenvalue weighted by Gasteiger charge is -2.21. The van der Waals surface area contributed by atoms with Crippen molar-refractivity contribution in [1.82, 2.24) is 10.3 Å². The van der Waals surface area contributed by atoms with E-state index in [0.29, 0.717) is 5.92 Å². The van der Waals surface area contributed by atoms with E-state index >= 15 is 0 Å². The monoisotopic (exact) mass is 208 g/mol. The highest BCUT2D eigenvalue weighted by atomic mass is 16.3. The van der Waals surface area contributed by atoms with Crippen LogP contribution in [0.2, 0.25) is 0 Å². The molecule has 0 bridgehead atoms. The molecule has 2 heterocycles. The fraction of sp³-hybridized carbons (Fsp3) is 0.750. The Kier molecular flexibility index (Phi) is 3.41. The summed E-state index contributed by atoms with van der Waals surface area (Å²) < 4.78 is 5.44. The Balaban J connectivity index is 1.91. The number of oxazole rings is 1. The van der Waals surface area contributed by atoms with Crippen LogP contribution in [0.25, 0.3) is 0 Å². The molecule has 0 spiro atoms. The molecule has 2 rings (SSSR count). The van der Waals surface area contributed by atoms with Gasteiger partial charge in [0.2, 0.25) is 0 Å². The summed E-state index contributed by atoms with van der Waals surface area (Å²) in [5.74, 6) is 2.06. The van der Waals surface area contributed by atoms with Crippen molar-refractivity contribution in [2.24, 2.45) is 5.92 Å². The Morgan fingerprint density at radius 2 is 2.20 bits per heavy atom. The molecule has 1 aliphatic heterocycles. The highest BCUT2D eigenvalue weighted by molar-refractivity contribution is 5.00. The Bertz CT molecular complexity index is 300. The molecule has 15 heavy (non-hydrogen) atoms. The van der Waals surface area contributed by atoms with Crippen molar-refractivity contribution in [3.8, 4) is 0 Å². The van der Waals surface area contributed by atoms with E-state index in [-0.39, 0.29) is 0 Å². The lowest BCUT2D eigenvalue weighted by Crippen LogP contribution is -2.28. The summed E-state index contributed by atoms with van der Waals surface area (Å²) in [7, 11) is 0. The Morgan fingerprint density at radius 1 is 1.47 bits per heavy atom. The zero-order valence-electron chi connectivity index (χ0n) is 9.62. The van der Waals surface area contributed by atoms with Crippen molar-refractivity contribution >= 4 is 0 Å². The summed E-state index contributed by atoms with van der Waals surface area (Å²) in [6, 6.07) is 0. The van der Waals surface area contributed by atoms with Crippen LogP contribution in [0.5, 0.6) is 0 Å². The largest absolute Gasteiger partial charge is 0.448 e. The molecule has 0 atom stereocenters. The summed E-state index contributed by atoms with van der Waals surface area (Å²) >= 11 is 0. The van der Waals surface area contributed by atoms with E-state index in [9.17, 15) is 0 Å². The van der Waals surface area contributed by atoms with Gasteiger partial charge in [0.25, 0.3) is 0 Å². The van der Waals surface area contributed by atoms with Crippen LogP contribution in [0.15, 0.2) is 10.7 Å². The Labute approximate surface area is 91.3 Å². The Morgan fingerprint density at radius 3 is 2.80 bits per heavy atom. The third kappa shape index (κ3) is 2.81. The van der Waals surface area contributed by atoms with Gasteiger partial charge in [-0.3, -0.25) is 0 Å². The number of nitrogens with zero attached hydrogens (tertiary/aromatic N) is 1. The van der Waals surface area contributed by atoms with Gasteiger partial charge in [-0.1, -0.05) is 13.8 Å². The van der Waals surface area contributed by atoms with Gasteiger partial charge in [-0.25, -0.2) is 4.98 Å². The molecule has 0 aliphatic carbocycles. The fourth-order valence-electron chi connectivity index (χ4n) is 2.06. The van der Waals surface area contributed by atoms with E-state index in [4.69, 9.17) is 4.42 Å². The number of rotatable bonds is 3. The first-order valence-corrected chi connectivity index (χ1v) is 5.90.